The van der Waals surface area contributed by atoms with Crippen molar-refractivity contribution < 1.29 is 43.2 Å². The van der Waals surface area contributed by atoms with Crippen molar-refractivity contribution in [1.29, 1.82) is 0 Å². The fourth-order valence-corrected chi connectivity index (χ4v) is 12.5. The van der Waals surface area contributed by atoms with Crippen LogP contribution in [0.5, 0.6) is 11.5 Å². The van der Waals surface area contributed by atoms with Crippen LogP contribution in [0.25, 0.3) is 21.6 Å². The van der Waals surface area contributed by atoms with E-state index in [0.29, 0.717) is 75.0 Å². The number of benzene rings is 4. The van der Waals surface area contributed by atoms with Crippen LogP contribution in [0, 0.1) is 33.6 Å². The number of β-amino-alcohol motifs (C(OH)–C–C–N with tert-alkyl or cyclic N) is 1. The summed E-state index contributed by atoms with van der Waals surface area (Å²) in [6, 6.07) is 25.8. The molecule has 18 heteroatoms. The minimum Gasteiger partial charge on any atom is -0.494 e. The summed E-state index contributed by atoms with van der Waals surface area (Å²) in [5.41, 5.74) is 12.1. The molecule has 3 aliphatic rings. The summed E-state index contributed by atoms with van der Waals surface area (Å²) < 4.78 is 24.3. The number of amides is 4. The largest absolute Gasteiger partial charge is 0.494 e. The topological polar surface area (TPSA) is 205 Å². The third-order valence-corrected chi connectivity index (χ3v) is 17.1. The number of nitrogens with one attached hydrogen (secondary N) is 3. The Hall–Kier alpha value is -7.38. The van der Waals surface area contributed by atoms with E-state index in [1.54, 1.807) is 22.3 Å². The van der Waals surface area contributed by atoms with Crippen LogP contribution in [0.4, 0.5) is 5.69 Å². The number of fused-ring (bicyclic) bond motifs is 1. The van der Waals surface area contributed by atoms with Gasteiger partial charge in [-0.1, -0.05) is 56.3 Å². The van der Waals surface area contributed by atoms with Crippen LogP contribution in [0.15, 0.2) is 95.2 Å². The summed E-state index contributed by atoms with van der Waals surface area (Å²) in [7, 11) is 0. The number of aromatic nitrogens is 2. The summed E-state index contributed by atoms with van der Waals surface area (Å²) in [5.74, 6) is -0.0601. The average Bonchev–Trinajstić information content (AvgIpc) is 3.33. The third kappa shape index (κ3) is 14.3. The van der Waals surface area contributed by atoms with Gasteiger partial charge in [-0.05, 0) is 142 Å². The predicted molar refractivity (Wildman–Crippen MR) is 322 cm³/mol. The molecule has 0 saturated carbocycles. The van der Waals surface area contributed by atoms with Gasteiger partial charge in [0.1, 0.15) is 23.6 Å². The first kappa shape index (κ1) is 60.2. The zero-order valence-corrected chi connectivity index (χ0v) is 49.7. The number of aliphatic hydroxyl groups is 1. The normalized spacial score (nSPS) is 16.5. The maximum Gasteiger partial charge on any atom is 0.255 e. The number of hydrogen-bond acceptors (Lipinski definition) is 13. The molecule has 0 spiro atoms. The van der Waals surface area contributed by atoms with E-state index in [1.165, 1.54) is 4.90 Å². The third-order valence-electron chi connectivity index (χ3n) is 16.1. The van der Waals surface area contributed by atoms with E-state index >= 15 is 0 Å². The zero-order chi connectivity index (χ0) is 58.7. The minimum absolute atomic E-state index is 0.000997. The number of aromatic amines is 1. The Morgan fingerprint density at radius 2 is 1.59 bits per heavy atom. The molecule has 5 heterocycles. The highest BCUT2D eigenvalue weighted by Gasteiger charge is 2.46. The average molecular weight is 1150 g/mol. The number of rotatable bonds is 25. The molecule has 440 valence electrons. The summed E-state index contributed by atoms with van der Waals surface area (Å²) in [6.45, 7) is 18.3. The SMILES string of the molecule is CCN(c1cc(-c2ccc(OCCCOCCCCOc3cc(-c4scnc4C)ccc3CNC(=O)C3C[C@@H](O)CN3C(=O)C(C(C)C)N3Cc4ccccc4C3=O)cc2)cc(C(=O)NCc2c(C)cc(C)[nH]c2=O)c1C)C1CCOCC1. The number of carbonyl (C=O) groups excluding carboxylic acids is 4. The number of H-pyrrole nitrogens is 1. The van der Waals surface area contributed by atoms with Crippen LogP contribution >= 0.6 is 11.3 Å². The number of carbonyl (C=O) groups is 4. The molecule has 4 aromatic carbocycles. The van der Waals surface area contributed by atoms with Gasteiger partial charge >= 0.3 is 0 Å². The van der Waals surface area contributed by atoms with Gasteiger partial charge in [0.05, 0.1) is 35.4 Å². The van der Waals surface area contributed by atoms with Gasteiger partial charge in [0.15, 0.2) is 0 Å². The molecule has 2 aromatic heterocycles. The fraction of sp³-hybridized carbons (Fsp3) is 0.446. The van der Waals surface area contributed by atoms with Gasteiger partial charge in [-0.25, -0.2) is 4.98 Å². The molecule has 4 amide bonds. The van der Waals surface area contributed by atoms with Crippen molar-refractivity contribution in [3.8, 4) is 33.1 Å². The molecular formula is C65H79N7O10S. The van der Waals surface area contributed by atoms with E-state index in [1.807, 2.05) is 120 Å². The van der Waals surface area contributed by atoms with E-state index in [4.69, 9.17) is 18.9 Å². The minimum atomic E-state index is -0.908. The molecule has 3 atom stereocenters. The lowest BCUT2D eigenvalue weighted by Gasteiger charge is -2.37. The number of ether oxygens (including phenoxy) is 4. The number of pyridine rings is 1. The first-order valence-corrected chi connectivity index (χ1v) is 30.1. The highest BCUT2D eigenvalue weighted by Crippen LogP contribution is 2.36. The summed E-state index contributed by atoms with van der Waals surface area (Å²) in [6.07, 6.45) is 3.21. The highest BCUT2D eigenvalue weighted by atomic mass is 32.1. The monoisotopic (exact) mass is 1150 g/mol. The number of anilines is 1. The van der Waals surface area contributed by atoms with Crippen molar-refractivity contribution in [3.63, 3.8) is 0 Å². The van der Waals surface area contributed by atoms with Gasteiger partial charge in [0, 0.05) is 112 Å². The van der Waals surface area contributed by atoms with Gasteiger partial charge in [-0.15, -0.1) is 11.3 Å². The number of likely N-dealkylation sites (tertiary alicyclic amines) is 1. The van der Waals surface area contributed by atoms with Crippen molar-refractivity contribution >= 4 is 40.7 Å². The van der Waals surface area contributed by atoms with Crippen LogP contribution in [0.2, 0.25) is 0 Å². The van der Waals surface area contributed by atoms with E-state index in [0.717, 1.165) is 98.9 Å². The molecule has 2 fully saturated rings. The first-order valence-electron chi connectivity index (χ1n) is 29.2. The Morgan fingerprint density at radius 3 is 2.31 bits per heavy atom. The number of hydrogen-bond donors (Lipinski definition) is 4. The Kier molecular flexibility index (Phi) is 20.2. The highest BCUT2D eigenvalue weighted by molar-refractivity contribution is 7.13. The van der Waals surface area contributed by atoms with Gasteiger partial charge in [0.25, 0.3) is 17.4 Å². The summed E-state index contributed by atoms with van der Waals surface area (Å²) in [4.78, 5) is 82.4. The lowest BCUT2D eigenvalue weighted by Crippen LogP contribution is -2.55. The second-order valence-electron chi connectivity index (χ2n) is 22.3. The molecule has 4 N–H and O–H groups in total. The fourth-order valence-electron chi connectivity index (χ4n) is 11.7. The van der Waals surface area contributed by atoms with Crippen LogP contribution in [-0.2, 0) is 38.7 Å². The molecule has 0 radical (unpaired) electrons. The lowest BCUT2D eigenvalue weighted by molar-refractivity contribution is -0.143. The van der Waals surface area contributed by atoms with Gasteiger partial charge in [-0.2, -0.15) is 0 Å². The predicted octanol–water partition coefficient (Wildman–Crippen LogP) is 9.24. The van der Waals surface area contributed by atoms with Crippen LogP contribution in [0.3, 0.4) is 0 Å². The van der Waals surface area contributed by atoms with Crippen molar-refractivity contribution in [1.82, 2.24) is 30.4 Å². The quantitative estimate of drug-likeness (QED) is 0.0396. The zero-order valence-electron chi connectivity index (χ0n) is 48.9. The Bertz CT molecular complexity index is 3320. The molecule has 0 aliphatic carbocycles. The molecule has 6 aromatic rings. The Balaban J connectivity index is 0.754. The molecule has 2 unspecified atom stereocenters. The molecular weight excluding hydrogens is 1070 g/mol. The molecule has 9 rings (SSSR count). The standard InChI is InChI=1S/C65H79N7O10S/c1-8-70(50-22-28-80-29-23-50)56-32-49(31-54(43(56)6)61(74)67-36-55-41(4)30-42(5)69-62(55)75)45-18-20-52(21-19-45)81-27-13-25-79-24-11-12-26-82-58-33-46(60-44(7)68-39-83-60)16-17-47(58)35-66-63(76)57-34-51(73)38-71(57)65(78)59(40(2)3)72-37-48-14-9-10-15-53(48)64(72)77/h9-10,14-21,30-33,39-40,50-51,57,59,73H,8,11-13,22-29,34-38H2,1-7H3,(H,66,76)(H,67,74)(H,69,75)/t51-,57?,59?/m1/s1. The lowest BCUT2D eigenvalue weighted by atomic mass is 9.95. The van der Waals surface area contributed by atoms with Gasteiger partial charge < -0.3 is 54.4 Å². The van der Waals surface area contributed by atoms with E-state index in [-0.39, 0.29) is 67.2 Å². The van der Waals surface area contributed by atoms with Crippen molar-refractivity contribution in [2.45, 2.75) is 131 Å². The van der Waals surface area contributed by atoms with E-state index in [9.17, 15) is 29.1 Å². The number of unbranched alkanes of at least 4 members (excludes halogenated alkanes) is 1. The number of aliphatic hydroxyl groups excluding tert-OH is 1. The maximum absolute atomic E-state index is 14.3. The number of nitrogens with zero attached hydrogens (tertiary/aromatic N) is 4. The van der Waals surface area contributed by atoms with E-state index < -0.39 is 18.2 Å². The molecule has 0 bridgehead atoms. The van der Waals surface area contributed by atoms with Crippen molar-refractivity contribution in [2.24, 2.45) is 5.92 Å². The summed E-state index contributed by atoms with van der Waals surface area (Å²) in [5, 5.41) is 16.9. The molecule has 83 heavy (non-hydrogen) atoms. The second-order valence-corrected chi connectivity index (χ2v) is 23.2. The molecule has 17 nitrogen and oxygen atoms in total. The van der Waals surface area contributed by atoms with Crippen LogP contribution in [-0.4, -0.2) is 125 Å². The van der Waals surface area contributed by atoms with Crippen LogP contribution in [0.1, 0.15) is 119 Å². The molecule has 2 saturated heterocycles. The first-order chi connectivity index (χ1) is 40.1. The molecule has 3 aliphatic heterocycles. The van der Waals surface area contributed by atoms with Gasteiger partial charge in [0.2, 0.25) is 11.8 Å². The number of aryl methyl sites for hydroxylation is 3. The summed E-state index contributed by atoms with van der Waals surface area (Å²) >= 11 is 1.54. The van der Waals surface area contributed by atoms with Crippen LogP contribution < -0.4 is 30.6 Å². The second kappa shape index (κ2) is 27.8. The Morgan fingerprint density at radius 1 is 0.855 bits per heavy atom. The van der Waals surface area contributed by atoms with Gasteiger partial charge in [-0.3, -0.25) is 24.0 Å². The van der Waals surface area contributed by atoms with Crippen molar-refractivity contribution in [2.75, 3.05) is 57.6 Å². The maximum atomic E-state index is 14.3. The van der Waals surface area contributed by atoms with E-state index in [2.05, 4.69) is 38.5 Å². The smallest absolute Gasteiger partial charge is 0.255 e. The number of thiazole rings is 1. The van der Waals surface area contributed by atoms with Crippen molar-refractivity contribution in [3.05, 3.63) is 151 Å². The Labute approximate surface area is 490 Å².